The molecule has 144 valence electrons. The number of anilines is 2. The Kier molecular flexibility index (Phi) is 4.81. The van der Waals surface area contributed by atoms with E-state index in [9.17, 15) is 14.4 Å². The largest absolute Gasteiger partial charge is 0.349 e. The summed E-state index contributed by atoms with van der Waals surface area (Å²) in [7, 11) is 0. The topological polar surface area (TPSA) is 78.5 Å². The van der Waals surface area contributed by atoms with E-state index < -0.39 is 0 Å². The van der Waals surface area contributed by atoms with Crippen LogP contribution in [0.1, 0.15) is 46.0 Å². The first kappa shape index (κ1) is 18.5. The van der Waals surface area contributed by atoms with Crippen LogP contribution in [0.4, 0.5) is 11.4 Å². The molecule has 0 spiro atoms. The number of hydrogen-bond donors (Lipinski definition) is 2. The monoisotopic (exact) mass is 397 g/mol. The van der Waals surface area contributed by atoms with Gasteiger partial charge in [-0.2, -0.15) is 0 Å². The molecule has 1 heterocycles. The Morgan fingerprint density at radius 1 is 1.07 bits per heavy atom. The number of amides is 3. The molecule has 0 bridgehead atoms. The molecule has 1 aliphatic carbocycles. The lowest BCUT2D eigenvalue weighted by molar-refractivity contribution is -0.116. The van der Waals surface area contributed by atoms with Gasteiger partial charge in [0, 0.05) is 36.4 Å². The highest BCUT2D eigenvalue weighted by Gasteiger charge is 2.25. The fourth-order valence-corrected chi connectivity index (χ4v) is 3.61. The summed E-state index contributed by atoms with van der Waals surface area (Å²) >= 11 is 6.23. The Bertz CT molecular complexity index is 985. The zero-order chi connectivity index (χ0) is 19.8. The third-order valence-electron chi connectivity index (χ3n) is 5.00. The van der Waals surface area contributed by atoms with Crippen LogP contribution < -0.4 is 15.5 Å². The Labute approximate surface area is 167 Å². The molecule has 7 heteroatoms. The van der Waals surface area contributed by atoms with Crippen LogP contribution in [0.25, 0.3) is 0 Å². The standard InChI is InChI=1S/C21H20ClN3O3/c1-12(26)25-9-8-13-10-14(2-7-19(13)25)20(27)24-16-5-6-17(18(22)11-16)21(28)23-15-3-4-15/h2,5-7,10-11,15H,3-4,8-9H2,1H3,(H,23,28)(H,24,27). The fourth-order valence-electron chi connectivity index (χ4n) is 3.34. The van der Waals surface area contributed by atoms with E-state index in [4.69, 9.17) is 11.6 Å². The Morgan fingerprint density at radius 2 is 1.86 bits per heavy atom. The van der Waals surface area contributed by atoms with Gasteiger partial charge in [-0.1, -0.05) is 11.6 Å². The van der Waals surface area contributed by atoms with E-state index in [1.165, 1.54) is 6.92 Å². The van der Waals surface area contributed by atoms with Gasteiger partial charge >= 0.3 is 0 Å². The van der Waals surface area contributed by atoms with E-state index in [2.05, 4.69) is 10.6 Å². The maximum absolute atomic E-state index is 12.6. The second-order valence-corrected chi connectivity index (χ2v) is 7.57. The number of halogens is 1. The minimum Gasteiger partial charge on any atom is -0.349 e. The quantitative estimate of drug-likeness (QED) is 0.830. The van der Waals surface area contributed by atoms with Crippen molar-refractivity contribution in [3.05, 3.63) is 58.1 Å². The fraction of sp³-hybridized carbons (Fsp3) is 0.286. The second kappa shape index (κ2) is 7.28. The van der Waals surface area contributed by atoms with Gasteiger partial charge < -0.3 is 15.5 Å². The predicted molar refractivity (Wildman–Crippen MR) is 108 cm³/mol. The number of fused-ring (bicyclic) bond motifs is 1. The molecule has 0 radical (unpaired) electrons. The lowest BCUT2D eigenvalue weighted by Crippen LogP contribution is -2.25. The summed E-state index contributed by atoms with van der Waals surface area (Å²) < 4.78 is 0. The Hall–Kier alpha value is -2.86. The molecule has 2 aromatic rings. The van der Waals surface area contributed by atoms with Crippen LogP contribution >= 0.6 is 11.6 Å². The van der Waals surface area contributed by atoms with Crippen LogP contribution in [0.2, 0.25) is 5.02 Å². The molecular formula is C21H20ClN3O3. The minimum atomic E-state index is -0.268. The average molecular weight is 398 g/mol. The van der Waals surface area contributed by atoms with Crippen molar-refractivity contribution < 1.29 is 14.4 Å². The third-order valence-corrected chi connectivity index (χ3v) is 5.31. The number of carbonyl (C=O) groups excluding carboxylic acids is 3. The van der Waals surface area contributed by atoms with Crippen LogP contribution in [0.15, 0.2) is 36.4 Å². The summed E-state index contributed by atoms with van der Waals surface area (Å²) in [5.41, 5.74) is 3.26. The van der Waals surface area contributed by atoms with Crippen molar-refractivity contribution in [1.82, 2.24) is 5.32 Å². The smallest absolute Gasteiger partial charge is 0.255 e. The molecule has 0 atom stereocenters. The van der Waals surface area contributed by atoms with E-state index in [0.717, 1.165) is 30.5 Å². The van der Waals surface area contributed by atoms with Gasteiger partial charge in [0.05, 0.1) is 10.6 Å². The van der Waals surface area contributed by atoms with Crippen molar-refractivity contribution in [3.63, 3.8) is 0 Å². The molecule has 0 unspecified atom stereocenters. The molecule has 2 aliphatic rings. The first-order valence-electron chi connectivity index (χ1n) is 9.25. The maximum atomic E-state index is 12.6. The number of hydrogen-bond acceptors (Lipinski definition) is 3. The van der Waals surface area contributed by atoms with Gasteiger partial charge in [0.15, 0.2) is 0 Å². The van der Waals surface area contributed by atoms with Gasteiger partial charge in [-0.05, 0) is 61.2 Å². The SMILES string of the molecule is CC(=O)N1CCc2cc(C(=O)Nc3ccc(C(=O)NC4CC4)c(Cl)c3)ccc21. The molecule has 1 aliphatic heterocycles. The molecule has 3 amide bonds. The van der Waals surface area contributed by atoms with Crippen LogP contribution in [-0.4, -0.2) is 30.3 Å². The number of benzene rings is 2. The molecule has 0 saturated heterocycles. The van der Waals surface area contributed by atoms with Gasteiger partial charge in [-0.25, -0.2) is 0 Å². The van der Waals surface area contributed by atoms with E-state index in [-0.39, 0.29) is 23.8 Å². The Balaban J connectivity index is 1.47. The molecule has 2 N–H and O–H groups in total. The van der Waals surface area contributed by atoms with Gasteiger partial charge in [0.25, 0.3) is 11.8 Å². The van der Waals surface area contributed by atoms with Crippen molar-refractivity contribution >= 4 is 40.7 Å². The lowest BCUT2D eigenvalue weighted by atomic mass is 10.1. The van der Waals surface area contributed by atoms with Gasteiger partial charge in [-0.3, -0.25) is 14.4 Å². The second-order valence-electron chi connectivity index (χ2n) is 7.16. The predicted octanol–water partition coefficient (Wildman–Crippen LogP) is 3.39. The van der Waals surface area contributed by atoms with E-state index in [0.29, 0.717) is 28.4 Å². The van der Waals surface area contributed by atoms with Gasteiger partial charge in [0.2, 0.25) is 5.91 Å². The molecule has 6 nitrogen and oxygen atoms in total. The number of nitrogens with zero attached hydrogens (tertiary/aromatic N) is 1. The van der Waals surface area contributed by atoms with Crippen molar-refractivity contribution in [2.24, 2.45) is 0 Å². The summed E-state index contributed by atoms with van der Waals surface area (Å²) in [6.07, 6.45) is 2.73. The van der Waals surface area contributed by atoms with Crippen molar-refractivity contribution in [2.45, 2.75) is 32.2 Å². The van der Waals surface area contributed by atoms with Crippen molar-refractivity contribution in [3.8, 4) is 0 Å². The first-order chi connectivity index (χ1) is 13.4. The van der Waals surface area contributed by atoms with Crippen molar-refractivity contribution in [1.29, 1.82) is 0 Å². The van der Waals surface area contributed by atoms with Gasteiger partial charge in [-0.15, -0.1) is 0 Å². The minimum absolute atomic E-state index is 0.00333. The summed E-state index contributed by atoms with van der Waals surface area (Å²) in [6.45, 7) is 2.17. The van der Waals surface area contributed by atoms with E-state index in [1.807, 2.05) is 6.07 Å². The number of nitrogens with one attached hydrogen (secondary N) is 2. The zero-order valence-electron chi connectivity index (χ0n) is 15.4. The highest BCUT2D eigenvalue weighted by Crippen LogP contribution is 2.29. The van der Waals surface area contributed by atoms with Crippen molar-refractivity contribution in [2.75, 3.05) is 16.8 Å². The Morgan fingerprint density at radius 3 is 2.54 bits per heavy atom. The normalized spacial score (nSPS) is 15.1. The number of rotatable bonds is 4. The maximum Gasteiger partial charge on any atom is 0.255 e. The van der Waals surface area contributed by atoms with Crippen LogP contribution in [-0.2, 0) is 11.2 Å². The van der Waals surface area contributed by atoms with E-state index in [1.54, 1.807) is 35.2 Å². The summed E-state index contributed by atoms with van der Waals surface area (Å²) in [4.78, 5) is 38.1. The summed E-state index contributed by atoms with van der Waals surface area (Å²) in [6, 6.07) is 10.4. The van der Waals surface area contributed by atoms with Crippen LogP contribution in [0, 0.1) is 0 Å². The number of carbonyl (C=O) groups is 3. The molecule has 1 fully saturated rings. The van der Waals surface area contributed by atoms with Crippen LogP contribution in [0.5, 0.6) is 0 Å². The lowest BCUT2D eigenvalue weighted by Gasteiger charge is -2.15. The average Bonchev–Trinajstić information content (AvgIpc) is 3.36. The molecule has 28 heavy (non-hydrogen) atoms. The highest BCUT2D eigenvalue weighted by atomic mass is 35.5. The molecule has 2 aromatic carbocycles. The van der Waals surface area contributed by atoms with Crippen LogP contribution in [0.3, 0.4) is 0 Å². The first-order valence-corrected chi connectivity index (χ1v) is 9.63. The third kappa shape index (κ3) is 3.73. The summed E-state index contributed by atoms with van der Waals surface area (Å²) in [5.74, 6) is -0.467. The van der Waals surface area contributed by atoms with E-state index >= 15 is 0 Å². The molecular weight excluding hydrogens is 378 g/mol. The summed E-state index contributed by atoms with van der Waals surface area (Å²) in [5, 5.41) is 6.00. The van der Waals surface area contributed by atoms with Gasteiger partial charge in [0.1, 0.15) is 0 Å². The molecule has 0 aromatic heterocycles. The molecule has 1 saturated carbocycles. The highest BCUT2D eigenvalue weighted by molar-refractivity contribution is 6.34. The zero-order valence-corrected chi connectivity index (χ0v) is 16.2. The molecule has 4 rings (SSSR count).